The Morgan fingerprint density at radius 2 is 1.83 bits per heavy atom. The summed E-state index contributed by atoms with van der Waals surface area (Å²) >= 11 is 0. The fraction of sp³-hybridized carbons (Fsp3) is 0.650. The average Bonchev–Trinajstić information content (AvgIpc) is 3.11. The lowest BCUT2D eigenvalue weighted by Gasteiger charge is -2.37. The Kier molecular flexibility index (Phi) is 5.77. The van der Waals surface area contributed by atoms with E-state index < -0.39 is 0 Å². The SMILES string of the molecule is Cc1cccc(N2CCN(C(=O)CCNC3CCCC3)CC2)c1C. The Labute approximate surface area is 146 Å². The van der Waals surface area contributed by atoms with Crippen molar-refractivity contribution in [3.8, 4) is 0 Å². The first-order valence-corrected chi connectivity index (χ1v) is 9.47. The third-order valence-electron chi connectivity index (χ3n) is 5.68. The molecule has 1 N–H and O–H groups in total. The second-order valence-electron chi connectivity index (χ2n) is 7.27. The molecule has 0 aromatic heterocycles. The first kappa shape index (κ1) is 17.3. The highest BCUT2D eigenvalue weighted by molar-refractivity contribution is 5.76. The predicted molar refractivity (Wildman–Crippen MR) is 99.6 cm³/mol. The number of piperazine rings is 1. The fourth-order valence-electron chi connectivity index (χ4n) is 3.95. The van der Waals surface area contributed by atoms with Crippen LogP contribution in [0.3, 0.4) is 0 Å². The van der Waals surface area contributed by atoms with Gasteiger partial charge in [0, 0.05) is 50.9 Å². The molecule has 0 radical (unpaired) electrons. The van der Waals surface area contributed by atoms with E-state index >= 15 is 0 Å². The summed E-state index contributed by atoms with van der Waals surface area (Å²) in [6.45, 7) is 8.75. The molecule has 4 nitrogen and oxygen atoms in total. The van der Waals surface area contributed by atoms with Crippen molar-refractivity contribution >= 4 is 11.6 Å². The summed E-state index contributed by atoms with van der Waals surface area (Å²) in [7, 11) is 0. The van der Waals surface area contributed by atoms with Crippen molar-refractivity contribution in [2.75, 3.05) is 37.6 Å². The van der Waals surface area contributed by atoms with Crippen molar-refractivity contribution in [2.45, 2.75) is 52.0 Å². The van der Waals surface area contributed by atoms with Crippen LogP contribution in [0.2, 0.25) is 0 Å². The van der Waals surface area contributed by atoms with Crippen LogP contribution >= 0.6 is 0 Å². The molecule has 132 valence electrons. The number of amides is 1. The third-order valence-corrected chi connectivity index (χ3v) is 5.68. The molecule has 0 atom stereocenters. The molecule has 2 aliphatic rings. The molecule has 1 aromatic rings. The molecule has 2 fully saturated rings. The highest BCUT2D eigenvalue weighted by atomic mass is 16.2. The smallest absolute Gasteiger partial charge is 0.223 e. The first-order chi connectivity index (χ1) is 11.6. The number of nitrogens with one attached hydrogen (secondary N) is 1. The van der Waals surface area contributed by atoms with Gasteiger partial charge in [0.05, 0.1) is 0 Å². The molecule has 1 heterocycles. The maximum Gasteiger partial charge on any atom is 0.223 e. The molecule has 1 aliphatic heterocycles. The van der Waals surface area contributed by atoms with Crippen LogP contribution in [0.25, 0.3) is 0 Å². The summed E-state index contributed by atoms with van der Waals surface area (Å²) in [5, 5.41) is 3.54. The molecule has 0 unspecified atom stereocenters. The summed E-state index contributed by atoms with van der Waals surface area (Å²) in [6, 6.07) is 7.14. The number of benzene rings is 1. The Balaban J connectivity index is 1.44. The summed E-state index contributed by atoms with van der Waals surface area (Å²) in [5.74, 6) is 0.307. The average molecular weight is 329 g/mol. The molecule has 1 aliphatic carbocycles. The van der Waals surface area contributed by atoms with Gasteiger partial charge in [-0.25, -0.2) is 0 Å². The predicted octanol–water partition coefficient (Wildman–Crippen LogP) is 2.87. The van der Waals surface area contributed by atoms with E-state index in [1.165, 1.54) is 42.5 Å². The van der Waals surface area contributed by atoms with Crippen molar-refractivity contribution in [3.63, 3.8) is 0 Å². The number of carbonyl (C=O) groups excluding carboxylic acids is 1. The van der Waals surface area contributed by atoms with E-state index in [9.17, 15) is 4.79 Å². The van der Waals surface area contributed by atoms with Crippen LogP contribution in [0.15, 0.2) is 18.2 Å². The van der Waals surface area contributed by atoms with Gasteiger partial charge in [-0.1, -0.05) is 25.0 Å². The Bertz CT molecular complexity index is 558. The summed E-state index contributed by atoms with van der Waals surface area (Å²) in [4.78, 5) is 16.9. The number of rotatable bonds is 5. The van der Waals surface area contributed by atoms with Gasteiger partial charge in [-0.05, 0) is 43.9 Å². The highest BCUT2D eigenvalue weighted by Gasteiger charge is 2.22. The van der Waals surface area contributed by atoms with Crippen LogP contribution in [-0.2, 0) is 4.79 Å². The van der Waals surface area contributed by atoms with Crippen molar-refractivity contribution < 1.29 is 4.79 Å². The number of anilines is 1. The Morgan fingerprint density at radius 3 is 2.54 bits per heavy atom. The van der Waals surface area contributed by atoms with Crippen LogP contribution in [0.5, 0.6) is 0 Å². The zero-order valence-electron chi connectivity index (χ0n) is 15.2. The molecule has 1 amide bonds. The minimum Gasteiger partial charge on any atom is -0.368 e. The minimum absolute atomic E-state index is 0.307. The number of hydrogen-bond donors (Lipinski definition) is 1. The number of carbonyl (C=O) groups is 1. The van der Waals surface area contributed by atoms with Crippen molar-refractivity contribution in [2.24, 2.45) is 0 Å². The molecule has 1 aromatic carbocycles. The van der Waals surface area contributed by atoms with E-state index in [0.717, 1.165) is 32.7 Å². The van der Waals surface area contributed by atoms with Gasteiger partial charge in [-0.15, -0.1) is 0 Å². The maximum absolute atomic E-state index is 12.4. The van der Waals surface area contributed by atoms with Gasteiger partial charge in [0.15, 0.2) is 0 Å². The topological polar surface area (TPSA) is 35.6 Å². The molecule has 4 heteroatoms. The van der Waals surface area contributed by atoms with Crippen molar-refractivity contribution in [1.29, 1.82) is 0 Å². The zero-order chi connectivity index (χ0) is 16.9. The molecular formula is C20H31N3O. The fourth-order valence-corrected chi connectivity index (χ4v) is 3.95. The molecular weight excluding hydrogens is 298 g/mol. The van der Waals surface area contributed by atoms with E-state index in [0.29, 0.717) is 18.4 Å². The monoisotopic (exact) mass is 329 g/mol. The molecule has 24 heavy (non-hydrogen) atoms. The van der Waals surface area contributed by atoms with E-state index in [1.807, 2.05) is 4.90 Å². The third kappa shape index (κ3) is 4.10. The van der Waals surface area contributed by atoms with Gasteiger partial charge in [0.2, 0.25) is 5.91 Å². The van der Waals surface area contributed by atoms with Gasteiger partial charge < -0.3 is 15.1 Å². The highest BCUT2D eigenvalue weighted by Crippen LogP contribution is 2.24. The van der Waals surface area contributed by atoms with E-state index in [2.05, 4.69) is 42.3 Å². The first-order valence-electron chi connectivity index (χ1n) is 9.47. The molecule has 3 rings (SSSR count). The number of aryl methyl sites for hydroxylation is 1. The lowest BCUT2D eigenvalue weighted by molar-refractivity contribution is -0.131. The van der Waals surface area contributed by atoms with Gasteiger partial charge in [0.25, 0.3) is 0 Å². The Morgan fingerprint density at radius 1 is 1.12 bits per heavy atom. The van der Waals surface area contributed by atoms with Gasteiger partial charge in [-0.3, -0.25) is 4.79 Å². The molecule has 1 saturated heterocycles. The van der Waals surface area contributed by atoms with Crippen LogP contribution in [0.1, 0.15) is 43.2 Å². The molecule has 1 saturated carbocycles. The Hall–Kier alpha value is -1.55. The van der Waals surface area contributed by atoms with Crippen LogP contribution < -0.4 is 10.2 Å². The standard InChI is InChI=1S/C20H31N3O/c1-16-6-5-9-19(17(16)2)22-12-14-23(15-13-22)20(24)10-11-21-18-7-3-4-8-18/h5-6,9,18,21H,3-4,7-8,10-15H2,1-2H3. The number of nitrogens with zero attached hydrogens (tertiary/aromatic N) is 2. The lowest BCUT2D eigenvalue weighted by Crippen LogP contribution is -2.49. The minimum atomic E-state index is 0.307. The van der Waals surface area contributed by atoms with Crippen molar-refractivity contribution in [3.05, 3.63) is 29.3 Å². The van der Waals surface area contributed by atoms with Crippen LogP contribution in [0.4, 0.5) is 5.69 Å². The van der Waals surface area contributed by atoms with Gasteiger partial charge in [0.1, 0.15) is 0 Å². The number of hydrogen-bond acceptors (Lipinski definition) is 3. The van der Waals surface area contributed by atoms with Crippen molar-refractivity contribution in [1.82, 2.24) is 10.2 Å². The van der Waals surface area contributed by atoms with Crippen LogP contribution in [-0.4, -0.2) is 49.6 Å². The largest absolute Gasteiger partial charge is 0.368 e. The maximum atomic E-state index is 12.4. The van der Waals surface area contributed by atoms with E-state index in [1.54, 1.807) is 0 Å². The van der Waals surface area contributed by atoms with Gasteiger partial charge in [-0.2, -0.15) is 0 Å². The molecule has 0 spiro atoms. The molecule has 0 bridgehead atoms. The summed E-state index contributed by atoms with van der Waals surface area (Å²) in [6.07, 6.45) is 5.88. The lowest BCUT2D eigenvalue weighted by atomic mass is 10.1. The van der Waals surface area contributed by atoms with Gasteiger partial charge >= 0.3 is 0 Å². The zero-order valence-corrected chi connectivity index (χ0v) is 15.2. The van der Waals surface area contributed by atoms with E-state index in [-0.39, 0.29) is 0 Å². The second kappa shape index (κ2) is 8.02. The summed E-state index contributed by atoms with van der Waals surface area (Å²) in [5.41, 5.74) is 4.02. The van der Waals surface area contributed by atoms with E-state index in [4.69, 9.17) is 0 Å². The normalized spacial score (nSPS) is 19.1. The summed E-state index contributed by atoms with van der Waals surface area (Å²) < 4.78 is 0. The van der Waals surface area contributed by atoms with Crippen LogP contribution in [0, 0.1) is 13.8 Å². The second-order valence-corrected chi connectivity index (χ2v) is 7.27. The quantitative estimate of drug-likeness (QED) is 0.902.